The van der Waals surface area contributed by atoms with Crippen molar-refractivity contribution in [1.82, 2.24) is 9.97 Å². The summed E-state index contributed by atoms with van der Waals surface area (Å²) in [6, 6.07) is 9.99. The van der Waals surface area contributed by atoms with Gasteiger partial charge in [-0.25, -0.2) is 9.97 Å². The largest absolute Gasteiger partial charge is 0.384 e. The Kier molecular flexibility index (Phi) is 3.49. The lowest BCUT2D eigenvalue weighted by molar-refractivity contribution is 0.178. The van der Waals surface area contributed by atoms with Crippen molar-refractivity contribution < 1.29 is 4.74 Å². The van der Waals surface area contributed by atoms with E-state index in [-0.39, 0.29) is 0 Å². The van der Waals surface area contributed by atoms with Gasteiger partial charge in [0.15, 0.2) is 5.82 Å². The third-order valence-electron chi connectivity index (χ3n) is 2.79. The highest BCUT2D eigenvalue weighted by Gasteiger charge is 2.04. The molecule has 3 aromatic rings. The Morgan fingerprint density at radius 1 is 1.25 bits per heavy atom. The maximum Gasteiger partial charge on any atom is 0.158 e. The topological polar surface area (TPSA) is 73.1 Å². The molecule has 0 aliphatic heterocycles. The van der Waals surface area contributed by atoms with Gasteiger partial charge in [-0.1, -0.05) is 0 Å². The molecule has 5 nitrogen and oxygen atoms in total. The number of hydrogen-bond donors (Lipinski definition) is 2. The number of nitrogens with zero attached hydrogens (tertiary/aromatic N) is 2. The van der Waals surface area contributed by atoms with Gasteiger partial charge < -0.3 is 15.8 Å². The van der Waals surface area contributed by atoms with Gasteiger partial charge in [0, 0.05) is 23.6 Å². The van der Waals surface area contributed by atoms with Crippen LogP contribution in [0.2, 0.25) is 0 Å². The number of anilines is 3. The van der Waals surface area contributed by atoms with E-state index in [0.29, 0.717) is 24.1 Å². The molecule has 3 rings (SSSR count). The van der Waals surface area contributed by atoms with Crippen LogP contribution in [0.3, 0.4) is 0 Å². The average Bonchev–Trinajstić information content (AvgIpc) is 2.85. The van der Waals surface area contributed by atoms with Gasteiger partial charge in [-0.2, -0.15) is 0 Å². The lowest BCUT2D eigenvalue weighted by Gasteiger charge is -2.08. The van der Waals surface area contributed by atoms with Crippen LogP contribution in [-0.2, 0) is 11.3 Å². The number of fused-ring (bicyclic) bond motifs is 1. The molecule has 1 aromatic carbocycles. The van der Waals surface area contributed by atoms with E-state index in [4.69, 9.17) is 10.5 Å². The van der Waals surface area contributed by atoms with Crippen molar-refractivity contribution in [1.29, 1.82) is 0 Å². The molecule has 0 aliphatic carbocycles. The molecule has 0 saturated carbocycles. The fourth-order valence-corrected chi connectivity index (χ4v) is 2.74. The SMILES string of the molecule is COCc1nc(N)cc(Nc2ccc3sccc3c2)n1. The highest BCUT2D eigenvalue weighted by molar-refractivity contribution is 7.17. The zero-order chi connectivity index (χ0) is 13.9. The molecule has 6 heteroatoms. The highest BCUT2D eigenvalue weighted by atomic mass is 32.1. The van der Waals surface area contributed by atoms with E-state index in [1.165, 1.54) is 10.1 Å². The molecule has 2 heterocycles. The zero-order valence-corrected chi connectivity index (χ0v) is 11.8. The summed E-state index contributed by atoms with van der Waals surface area (Å²) in [4.78, 5) is 8.47. The number of aromatic nitrogens is 2. The number of thiophene rings is 1. The summed E-state index contributed by atoms with van der Waals surface area (Å²) < 4.78 is 6.29. The summed E-state index contributed by atoms with van der Waals surface area (Å²) in [5, 5.41) is 6.53. The Bertz CT molecular complexity index is 741. The highest BCUT2D eigenvalue weighted by Crippen LogP contribution is 2.25. The molecule has 0 saturated heterocycles. The van der Waals surface area contributed by atoms with E-state index < -0.39 is 0 Å². The van der Waals surface area contributed by atoms with Crippen molar-refractivity contribution in [3.05, 3.63) is 41.5 Å². The first-order valence-corrected chi connectivity index (χ1v) is 6.99. The van der Waals surface area contributed by atoms with Crippen LogP contribution in [0.15, 0.2) is 35.7 Å². The number of methoxy groups -OCH3 is 1. The lowest BCUT2D eigenvalue weighted by atomic mass is 10.2. The maximum atomic E-state index is 5.77. The van der Waals surface area contributed by atoms with E-state index in [0.717, 1.165) is 5.69 Å². The minimum absolute atomic E-state index is 0.337. The van der Waals surface area contributed by atoms with Crippen molar-refractivity contribution in [3.8, 4) is 0 Å². The van der Waals surface area contributed by atoms with Crippen LogP contribution in [0.1, 0.15) is 5.82 Å². The first-order valence-electron chi connectivity index (χ1n) is 6.11. The number of nitrogen functional groups attached to an aromatic ring is 1. The second-order valence-electron chi connectivity index (χ2n) is 4.33. The van der Waals surface area contributed by atoms with Gasteiger partial charge in [-0.15, -0.1) is 11.3 Å². The lowest BCUT2D eigenvalue weighted by Crippen LogP contribution is -2.04. The molecule has 102 valence electrons. The number of hydrogen-bond acceptors (Lipinski definition) is 6. The van der Waals surface area contributed by atoms with Crippen LogP contribution in [0.25, 0.3) is 10.1 Å². The van der Waals surface area contributed by atoms with Gasteiger partial charge in [0.05, 0.1) is 0 Å². The van der Waals surface area contributed by atoms with Crippen LogP contribution in [0.4, 0.5) is 17.3 Å². The van der Waals surface area contributed by atoms with Crippen LogP contribution in [0.5, 0.6) is 0 Å². The molecule has 0 fully saturated rings. The van der Waals surface area contributed by atoms with Crippen molar-refractivity contribution in [2.45, 2.75) is 6.61 Å². The first-order chi connectivity index (χ1) is 9.74. The molecule has 0 bridgehead atoms. The third-order valence-corrected chi connectivity index (χ3v) is 3.69. The first kappa shape index (κ1) is 12.8. The molecule has 2 aromatic heterocycles. The van der Waals surface area contributed by atoms with Crippen LogP contribution >= 0.6 is 11.3 Å². The molecular formula is C14H14N4OS. The Labute approximate surface area is 120 Å². The second kappa shape index (κ2) is 5.44. The van der Waals surface area contributed by atoms with Crippen molar-refractivity contribution in [2.24, 2.45) is 0 Å². The predicted octanol–water partition coefficient (Wildman–Crippen LogP) is 3.16. The number of benzene rings is 1. The minimum atomic E-state index is 0.337. The van der Waals surface area contributed by atoms with Crippen molar-refractivity contribution in [3.63, 3.8) is 0 Å². The second-order valence-corrected chi connectivity index (χ2v) is 5.27. The Morgan fingerprint density at radius 2 is 2.15 bits per heavy atom. The van der Waals surface area contributed by atoms with E-state index >= 15 is 0 Å². The van der Waals surface area contributed by atoms with Gasteiger partial charge in [0.25, 0.3) is 0 Å². The molecular weight excluding hydrogens is 272 g/mol. The van der Waals surface area contributed by atoms with E-state index in [1.807, 2.05) is 6.07 Å². The molecule has 0 amide bonds. The summed E-state index contributed by atoms with van der Waals surface area (Å²) >= 11 is 1.72. The number of rotatable bonds is 4. The Balaban J connectivity index is 1.89. The Morgan fingerprint density at radius 3 is 3.00 bits per heavy atom. The van der Waals surface area contributed by atoms with E-state index in [1.54, 1.807) is 24.5 Å². The molecule has 0 aliphatic rings. The summed E-state index contributed by atoms with van der Waals surface area (Å²) in [6.07, 6.45) is 0. The maximum absolute atomic E-state index is 5.77. The zero-order valence-electron chi connectivity index (χ0n) is 11.0. The molecule has 20 heavy (non-hydrogen) atoms. The monoisotopic (exact) mass is 286 g/mol. The summed E-state index contributed by atoms with van der Waals surface area (Å²) in [5.74, 6) is 1.65. The van der Waals surface area contributed by atoms with E-state index in [2.05, 4.69) is 38.9 Å². The Hall–Kier alpha value is -2.18. The van der Waals surface area contributed by atoms with Crippen molar-refractivity contribution >= 4 is 38.7 Å². The molecule has 0 radical (unpaired) electrons. The van der Waals surface area contributed by atoms with Crippen molar-refractivity contribution in [2.75, 3.05) is 18.2 Å². The number of nitrogens with two attached hydrogens (primary N) is 1. The quantitative estimate of drug-likeness (QED) is 0.770. The standard InChI is InChI=1S/C14H14N4OS/c1-19-8-14-17-12(15)7-13(18-14)16-10-2-3-11-9(6-10)4-5-20-11/h2-7H,8H2,1H3,(H3,15,16,17,18). The van der Waals surface area contributed by atoms with Crippen LogP contribution in [0, 0.1) is 0 Å². The smallest absolute Gasteiger partial charge is 0.158 e. The van der Waals surface area contributed by atoms with Gasteiger partial charge in [-0.3, -0.25) is 0 Å². The summed E-state index contributed by atoms with van der Waals surface area (Å²) in [7, 11) is 1.60. The fraction of sp³-hybridized carbons (Fsp3) is 0.143. The number of nitrogens with one attached hydrogen (secondary N) is 1. The predicted molar refractivity (Wildman–Crippen MR) is 82.3 cm³/mol. The van der Waals surface area contributed by atoms with Gasteiger partial charge in [0.2, 0.25) is 0 Å². The minimum Gasteiger partial charge on any atom is -0.384 e. The third kappa shape index (κ3) is 2.71. The van der Waals surface area contributed by atoms with Gasteiger partial charge in [-0.05, 0) is 35.0 Å². The molecule has 0 spiro atoms. The van der Waals surface area contributed by atoms with E-state index in [9.17, 15) is 0 Å². The van der Waals surface area contributed by atoms with Gasteiger partial charge >= 0.3 is 0 Å². The molecule has 3 N–H and O–H groups in total. The average molecular weight is 286 g/mol. The van der Waals surface area contributed by atoms with Gasteiger partial charge in [0.1, 0.15) is 18.2 Å². The fourth-order valence-electron chi connectivity index (χ4n) is 1.97. The molecule has 0 unspecified atom stereocenters. The summed E-state index contributed by atoms with van der Waals surface area (Å²) in [5.41, 5.74) is 6.74. The summed E-state index contributed by atoms with van der Waals surface area (Å²) in [6.45, 7) is 0.337. The van der Waals surface area contributed by atoms with Crippen LogP contribution in [-0.4, -0.2) is 17.1 Å². The normalized spacial score (nSPS) is 10.8. The number of ether oxygens (including phenoxy) is 1. The van der Waals surface area contributed by atoms with Crippen LogP contribution < -0.4 is 11.1 Å². The molecule has 0 atom stereocenters.